The first kappa shape index (κ1) is 18.9. The van der Waals surface area contributed by atoms with Crippen LogP contribution in [-0.4, -0.2) is 18.1 Å². The van der Waals surface area contributed by atoms with Crippen molar-refractivity contribution in [2.75, 3.05) is 7.11 Å². The molecule has 0 aliphatic rings. The maximum absolute atomic E-state index is 11.5. The average molecular weight is 401 g/mol. The average Bonchev–Trinajstić information content (AvgIpc) is 3.20. The van der Waals surface area contributed by atoms with E-state index in [-0.39, 0.29) is 5.97 Å². The number of aromatic nitrogens is 1. The molecule has 0 saturated carbocycles. The van der Waals surface area contributed by atoms with Crippen molar-refractivity contribution in [2.24, 2.45) is 0 Å². The van der Waals surface area contributed by atoms with Gasteiger partial charge in [-0.15, -0.1) is 11.3 Å². The normalized spacial score (nSPS) is 11.1. The van der Waals surface area contributed by atoms with E-state index in [0.29, 0.717) is 12.2 Å². The van der Waals surface area contributed by atoms with Gasteiger partial charge in [0.25, 0.3) is 0 Å². The van der Waals surface area contributed by atoms with E-state index >= 15 is 0 Å². The zero-order valence-electron chi connectivity index (χ0n) is 15.9. The topological polar surface area (TPSA) is 48.4 Å². The molecule has 4 nitrogen and oxygen atoms in total. The highest BCUT2D eigenvalue weighted by Crippen LogP contribution is 2.23. The molecule has 1 heterocycles. The Morgan fingerprint density at radius 2 is 1.72 bits per heavy atom. The van der Waals surface area contributed by atoms with Gasteiger partial charge in [-0.3, -0.25) is 0 Å². The summed E-state index contributed by atoms with van der Waals surface area (Å²) in [5.41, 5.74) is 3.62. The van der Waals surface area contributed by atoms with Crippen molar-refractivity contribution in [1.82, 2.24) is 4.98 Å². The van der Waals surface area contributed by atoms with Crippen molar-refractivity contribution >= 4 is 39.7 Å². The highest BCUT2D eigenvalue weighted by atomic mass is 32.1. The number of carbonyl (C=O) groups excluding carboxylic acids is 1. The Hall–Kier alpha value is -3.44. The molecule has 5 heteroatoms. The van der Waals surface area contributed by atoms with Crippen LogP contribution in [0.4, 0.5) is 0 Å². The lowest BCUT2D eigenvalue weighted by atomic mass is 10.1. The number of esters is 1. The summed E-state index contributed by atoms with van der Waals surface area (Å²) in [6, 6.07) is 23.3. The van der Waals surface area contributed by atoms with E-state index < -0.39 is 0 Å². The Morgan fingerprint density at radius 3 is 2.45 bits per heavy atom. The van der Waals surface area contributed by atoms with Gasteiger partial charge in [0.2, 0.25) is 0 Å². The van der Waals surface area contributed by atoms with Crippen LogP contribution in [0.5, 0.6) is 5.75 Å². The van der Waals surface area contributed by atoms with E-state index in [4.69, 9.17) is 9.47 Å². The quantitative estimate of drug-likeness (QED) is 0.381. The van der Waals surface area contributed by atoms with E-state index in [1.807, 2.05) is 66.7 Å². The molecular formula is C24H19NO3S. The summed E-state index contributed by atoms with van der Waals surface area (Å²) in [6.07, 6.45) is 4.08. The molecule has 0 N–H and O–H groups in total. The fourth-order valence-electron chi connectivity index (χ4n) is 2.83. The van der Waals surface area contributed by atoms with Crippen molar-refractivity contribution in [2.45, 2.75) is 6.61 Å². The Morgan fingerprint density at radius 1 is 0.966 bits per heavy atom. The largest absolute Gasteiger partial charge is 0.489 e. The number of thiazole rings is 1. The second-order valence-electron chi connectivity index (χ2n) is 6.40. The second kappa shape index (κ2) is 8.71. The molecule has 0 saturated heterocycles. The van der Waals surface area contributed by atoms with Crippen LogP contribution < -0.4 is 4.74 Å². The maximum Gasteiger partial charge on any atom is 0.337 e. The van der Waals surface area contributed by atoms with Crippen LogP contribution in [0.2, 0.25) is 0 Å². The highest BCUT2D eigenvalue weighted by molar-refractivity contribution is 7.19. The Kier molecular flexibility index (Phi) is 5.68. The SMILES string of the molecule is COC(=O)c1ccc(COc2ccc(C=Cc3nc4ccccc4s3)cc2)cc1. The van der Waals surface area contributed by atoms with Gasteiger partial charge in [0, 0.05) is 0 Å². The first-order valence-electron chi connectivity index (χ1n) is 9.15. The molecule has 0 radical (unpaired) electrons. The third-order valence-electron chi connectivity index (χ3n) is 4.39. The maximum atomic E-state index is 11.5. The standard InChI is InChI=1S/C24H19NO3S/c1-27-24(26)19-11-6-18(7-12-19)16-28-20-13-8-17(9-14-20)10-15-23-25-21-4-2-3-5-22(21)29-23/h2-15H,16H2,1H3. The number of hydrogen-bond acceptors (Lipinski definition) is 5. The summed E-state index contributed by atoms with van der Waals surface area (Å²) in [5.74, 6) is 0.450. The van der Waals surface area contributed by atoms with E-state index in [2.05, 4.69) is 11.1 Å². The number of rotatable bonds is 6. The first-order chi connectivity index (χ1) is 14.2. The third-order valence-corrected chi connectivity index (χ3v) is 5.39. The van der Waals surface area contributed by atoms with Gasteiger partial charge < -0.3 is 9.47 Å². The molecule has 4 rings (SSSR count). The Labute approximate surface area is 173 Å². The van der Waals surface area contributed by atoms with E-state index in [9.17, 15) is 4.79 Å². The minimum Gasteiger partial charge on any atom is -0.489 e. The summed E-state index contributed by atoms with van der Waals surface area (Å²) in [6.45, 7) is 0.433. The van der Waals surface area contributed by atoms with Crippen LogP contribution in [0.15, 0.2) is 72.8 Å². The smallest absolute Gasteiger partial charge is 0.337 e. The lowest BCUT2D eigenvalue weighted by Crippen LogP contribution is -2.01. The van der Waals surface area contributed by atoms with Crippen molar-refractivity contribution in [1.29, 1.82) is 0 Å². The molecule has 0 spiro atoms. The summed E-state index contributed by atoms with van der Waals surface area (Å²) in [7, 11) is 1.37. The van der Waals surface area contributed by atoms with Gasteiger partial charge in [0.05, 0.1) is 22.9 Å². The minimum atomic E-state index is -0.341. The fraction of sp³-hybridized carbons (Fsp3) is 0.0833. The lowest BCUT2D eigenvalue weighted by molar-refractivity contribution is 0.0600. The van der Waals surface area contributed by atoms with Gasteiger partial charge >= 0.3 is 5.97 Å². The van der Waals surface area contributed by atoms with Crippen molar-refractivity contribution in [3.8, 4) is 5.75 Å². The number of carbonyl (C=O) groups is 1. The summed E-state index contributed by atoms with van der Waals surface area (Å²) in [5, 5.41) is 0.988. The van der Waals surface area contributed by atoms with Crippen molar-refractivity contribution in [3.05, 3.63) is 94.5 Å². The second-order valence-corrected chi connectivity index (χ2v) is 7.46. The predicted octanol–water partition coefficient (Wildman–Crippen LogP) is 5.83. The van der Waals surface area contributed by atoms with Gasteiger partial charge in [0.1, 0.15) is 17.4 Å². The molecule has 0 unspecified atom stereocenters. The van der Waals surface area contributed by atoms with E-state index in [1.165, 1.54) is 11.8 Å². The van der Waals surface area contributed by atoms with E-state index in [0.717, 1.165) is 27.4 Å². The number of nitrogens with zero attached hydrogens (tertiary/aromatic N) is 1. The molecule has 0 aliphatic heterocycles. The minimum absolute atomic E-state index is 0.341. The number of hydrogen-bond donors (Lipinski definition) is 0. The zero-order valence-corrected chi connectivity index (χ0v) is 16.7. The molecule has 0 aliphatic carbocycles. The summed E-state index contributed by atoms with van der Waals surface area (Å²) < 4.78 is 11.7. The molecule has 0 atom stereocenters. The molecule has 29 heavy (non-hydrogen) atoms. The Bertz CT molecular complexity index is 1110. The summed E-state index contributed by atoms with van der Waals surface area (Å²) in [4.78, 5) is 16.1. The lowest BCUT2D eigenvalue weighted by Gasteiger charge is -2.07. The number of methoxy groups -OCH3 is 1. The van der Waals surface area contributed by atoms with Crippen LogP contribution in [0.25, 0.3) is 22.4 Å². The van der Waals surface area contributed by atoms with Crippen LogP contribution in [0, 0.1) is 0 Å². The van der Waals surface area contributed by atoms with Gasteiger partial charge in [-0.2, -0.15) is 0 Å². The molecule has 4 aromatic rings. The molecular weight excluding hydrogens is 382 g/mol. The van der Waals surface area contributed by atoms with Crippen LogP contribution in [0.1, 0.15) is 26.5 Å². The molecule has 0 fully saturated rings. The van der Waals surface area contributed by atoms with Crippen molar-refractivity contribution < 1.29 is 14.3 Å². The molecule has 3 aromatic carbocycles. The first-order valence-corrected chi connectivity index (χ1v) is 9.97. The highest BCUT2D eigenvalue weighted by Gasteiger charge is 2.04. The molecule has 0 bridgehead atoms. The molecule has 0 amide bonds. The summed E-state index contributed by atoms with van der Waals surface area (Å²) >= 11 is 1.68. The molecule has 1 aromatic heterocycles. The number of fused-ring (bicyclic) bond motifs is 1. The van der Waals surface area contributed by atoms with Crippen LogP contribution in [0.3, 0.4) is 0 Å². The number of para-hydroxylation sites is 1. The van der Waals surface area contributed by atoms with Gasteiger partial charge in [-0.1, -0.05) is 42.5 Å². The third kappa shape index (κ3) is 4.70. The molecule has 144 valence electrons. The Balaban J connectivity index is 1.35. The van der Waals surface area contributed by atoms with Gasteiger partial charge in [-0.05, 0) is 53.6 Å². The number of ether oxygens (including phenoxy) is 2. The van der Waals surface area contributed by atoms with Gasteiger partial charge in [-0.25, -0.2) is 9.78 Å². The van der Waals surface area contributed by atoms with Crippen molar-refractivity contribution in [3.63, 3.8) is 0 Å². The fourth-order valence-corrected chi connectivity index (χ4v) is 3.70. The zero-order chi connectivity index (χ0) is 20.1. The number of benzene rings is 3. The van der Waals surface area contributed by atoms with Crippen LogP contribution in [-0.2, 0) is 11.3 Å². The predicted molar refractivity (Wildman–Crippen MR) is 117 cm³/mol. The van der Waals surface area contributed by atoms with Crippen LogP contribution >= 0.6 is 11.3 Å². The monoisotopic (exact) mass is 401 g/mol. The van der Waals surface area contributed by atoms with Gasteiger partial charge in [0.15, 0.2) is 0 Å². The van der Waals surface area contributed by atoms with E-state index in [1.54, 1.807) is 23.5 Å².